The highest BCUT2D eigenvalue weighted by Crippen LogP contribution is 2.42. The zero-order chi connectivity index (χ0) is 14.6. The van der Waals surface area contributed by atoms with Gasteiger partial charge in [-0.25, -0.2) is 0 Å². The van der Waals surface area contributed by atoms with Crippen LogP contribution < -0.4 is 0 Å². The first-order valence-electron chi connectivity index (χ1n) is 5.34. The van der Waals surface area contributed by atoms with E-state index in [9.17, 15) is 9.59 Å². The van der Waals surface area contributed by atoms with Crippen molar-refractivity contribution < 1.29 is 9.59 Å². The maximum Gasteiger partial charge on any atom is 0.230 e. The first-order chi connectivity index (χ1) is 8.93. The van der Waals surface area contributed by atoms with Crippen molar-refractivity contribution in [2.75, 3.05) is 5.75 Å². The fourth-order valence-electron chi connectivity index (χ4n) is 1.45. The van der Waals surface area contributed by atoms with Gasteiger partial charge < -0.3 is 0 Å². The van der Waals surface area contributed by atoms with Gasteiger partial charge in [0.05, 0.1) is 10.7 Å². The van der Waals surface area contributed by atoms with E-state index in [0.717, 1.165) is 4.91 Å². The SMILES string of the molecule is C#CCSC1=C(C)C(=O)C(=O)C(C)=C1SC(=C)C#C. The normalized spacial score (nSPS) is 15.4. The van der Waals surface area contributed by atoms with Crippen molar-refractivity contribution in [3.05, 3.63) is 32.4 Å². The van der Waals surface area contributed by atoms with Crippen molar-refractivity contribution in [1.29, 1.82) is 0 Å². The molecule has 0 unspecified atom stereocenters. The Bertz CT molecular complexity index is 607. The molecule has 4 heteroatoms. The van der Waals surface area contributed by atoms with Crippen molar-refractivity contribution in [2.45, 2.75) is 13.8 Å². The zero-order valence-electron chi connectivity index (χ0n) is 10.7. The summed E-state index contributed by atoms with van der Waals surface area (Å²) in [5.74, 6) is 4.37. The van der Waals surface area contributed by atoms with Crippen LogP contribution in [0, 0.1) is 24.7 Å². The van der Waals surface area contributed by atoms with Crippen LogP contribution in [0.1, 0.15) is 13.8 Å². The van der Waals surface area contributed by atoms with Gasteiger partial charge in [0.15, 0.2) is 0 Å². The summed E-state index contributed by atoms with van der Waals surface area (Å²) in [6.45, 7) is 6.96. The molecule has 0 N–H and O–H groups in total. The molecule has 1 aliphatic rings. The minimum atomic E-state index is -0.491. The third-order valence-electron chi connectivity index (χ3n) is 2.46. The van der Waals surface area contributed by atoms with Gasteiger partial charge in [0.2, 0.25) is 11.6 Å². The van der Waals surface area contributed by atoms with Gasteiger partial charge in [-0.1, -0.05) is 30.2 Å². The van der Waals surface area contributed by atoms with Gasteiger partial charge >= 0.3 is 0 Å². The van der Waals surface area contributed by atoms with Crippen LogP contribution in [-0.2, 0) is 9.59 Å². The first kappa shape index (κ1) is 15.4. The lowest BCUT2D eigenvalue weighted by atomic mass is 9.97. The Hall–Kier alpha value is -1.62. The number of rotatable bonds is 4. The van der Waals surface area contributed by atoms with E-state index in [1.807, 2.05) is 0 Å². The van der Waals surface area contributed by atoms with Crippen LogP contribution in [0.25, 0.3) is 0 Å². The molecular formula is C15H12O2S2. The third kappa shape index (κ3) is 3.23. The monoisotopic (exact) mass is 288 g/mol. The van der Waals surface area contributed by atoms with E-state index in [1.54, 1.807) is 13.8 Å². The highest BCUT2D eigenvalue weighted by molar-refractivity contribution is 8.10. The molecule has 1 aliphatic carbocycles. The van der Waals surface area contributed by atoms with Gasteiger partial charge in [-0.2, -0.15) is 0 Å². The van der Waals surface area contributed by atoms with Gasteiger partial charge in [0.1, 0.15) is 0 Å². The van der Waals surface area contributed by atoms with E-state index in [-0.39, 0.29) is 0 Å². The summed E-state index contributed by atoms with van der Waals surface area (Å²) < 4.78 is 0. The van der Waals surface area contributed by atoms with Crippen molar-refractivity contribution in [2.24, 2.45) is 0 Å². The second kappa shape index (κ2) is 6.52. The van der Waals surface area contributed by atoms with Crippen LogP contribution in [0.5, 0.6) is 0 Å². The van der Waals surface area contributed by atoms with Crippen LogP contribution in [0.4, 0.5) is 0 Å². The Labute approximate surface area is 121 Å². The van der Waals surface area contributed by atoms with Gasteiger partial charge in [0, 0.05) is 21.0 Å². The zero-order valence-corrected chi connectivity index (χ0v) is 12.3. The van der Waals surface area contributed by atoms with E-state index in [1.165, 1.54) is 23.5 Å². The smallest absolute Gasteiger partial charge is 0.230 e. The van der Waals surface area contributed by atoms with Crippen molar-refractivity contribution in [3.8, 4) is 24.7 Å². The van der Waals surface area contributed by atoms with Gasteiger partial charge in [-0.3, -0.25) is 9.59 Å². The Morgan fingerprint density at radius 3 is 2.16 bits per heavy atom. The Morgan fingerprint density at radius 2 is 1.68 bits per heavy atom. The second-order valence-electron chi connectivity index (χ2n) is 3.73. The molecule has 19 heavy (non-hydrogen) atoms. The summed E-state index contributed by atoms with van der Waals surface area (Å²) in [7, 11) is 0. The Morgan fingerprint density at radius 1 is 1.16 bits per heavy atom. The quantitative estimate of drug-likeness (QED) is 0.452. The number of hydrogen-bond donors (Lipinski definition) is 0. The highest BCUT2D eigenvalue weighted by Gasteiger charge is 2.31. The van der Waals surface area contributed by atoms with E-state index < -0.39 is 11.6 Å². The average molecular weight is 288 g/mol. The minimum absolute atomic E-state index is 0.400. The molecule has 0 aliphatic heterocycles. The molecule has 0 aromatic rings. The van der Waals surface area contributed by atoms with Crippen LogP contribution >= 0.6 is 23.5 Å². The van der Waals surface area contributed by atoms with Crippen molar-refractivity contribution >= 4 is 35.1 Å². The maximum absolute atomic E-state index is 11.8. The Balaban J connectivity index is 3.30. The van der Waals surface area contributed by atoms with Crippen molar-refractivity contribution in [3.63, 3.8) is 0 Å². The average Bonchev–Trinajstić information content (AvgIpc) is 2.41. The third-order valence-corrected chi connectivity index (χ3v) is 4.78. The number of terminal acetylenes is 2. The number of allylic oxidation sites excluding steroid dienone is 3. The molecule has 0 spiro atoms. The van der Waals surface area contributed by atoms with Crippen LogP contribution in [0.2, 0.25) is 0 Å². The molecule has 1 rings (SSSR count). The van der Waals surface area contributed by atoms with E-state index in [4.69, 9.17) is 12.8 Å². The van der Waals surface area contributed by atoms with E-state index >= 15 is 0 Å². The molecule has 0 bridgehead atoms. The molecule has 0 radical (unpaired) electrons. The summed E-state index contributed by atoms with van der Waals surface area (Å²) >= 11 is 2.58. The number of Topliss-reactive ketones (excluding diaryl/α,β-unsaturated/α-hetero) is 2. The van der Waals surface area contributed by atoms with Crippen LogP contribution in [0.3, 0.4) is 0 Å². The summed E-state index contributed by atoms with van der Waals surface area (Å²) in [5.41, 5.74) is 0.819. The van der Waals surface area contributed by atoms with Gasteiger partial charge in [0.25, 0.3) is 0 Å². The summed E-state index contributed by atoms with van der Waals surface area (Å²) in [5, 5.41) is 0. The standard InChI is InChI=1S/C15H12O2S2/c1-6-8-18-14-10(4)12(16)13(17)11(5)15(14)19-9(3)7-2/h1-2H,3,8H2,4-5H3. The van der Waals surface area contributed by atoms with Crippen molar-refractivity contribution in [1.82, 2.24) is 0 Å². The second-order valence-corrected chi connectivity index (χ2v) is 5.82. The minimum Gasteiger partial charge on any atom is -0.285 e. The molecule has 0 atom stereocenters. The van der Waals surface area contributed by atoms with E-state index in [2.05, 4.69) is 18.4 Å². The molecule has 0 aromatic carbocycles. The summed E-state index contributed by atoms with van der Waals surface area (Å²) in [6, 6.07) is 0. The molecule has 0 heterocycles. The molecule has 0 fully saturated rings. The number of ketones is 2. The molecule has 0 saturated heterocycles. The lowest BCUT2D eigenvalue weighted by Crippen LogP contribution is -2.22. The highest BCUT2D eigenvalue weighted by atomic mass is 32.2. The maximum atomic E-state index is 11.8. The summed E-state index contributed by atoms with van der Waals surface area (Å²) in [4.78, 5) is 25.6. The summed E-state index contributed by atoms with van der Waals surface area (Å²) in [6.07, 6.45) is 10.5. The predicted octanol–water partition coefficient (Wildman–Crippen LogP) is 2.93. The molecular weight excluding hydrogens is 276 g/mol. The van der Waals surface area contributed by atoms with E-state index in [0.29, 0.717) is 26.7 Å². The number of hydrogen-bond acceptors (Lipinski definition) is 4. The molecule has 0 amide bonds. The molecule has 0 aromatic heterocycles. The topological polar surface area (TPSA) is 34.1 Å². The molecule has 0 saturated carbocycles. The molecule has 2 nitrogen and oxygen atoms in total. The largest absolute Gasteiger partial charge is 0.285 e. The van der Waals surface area contributed by atoms with Gasteiger partial charge in [-0.15, -0.1) is 24.6 Å². The lowest BCUT2D eigenvalue weighted by Gasteiger charge is -2.20. The van der Waals surface area contributed by atoms with Gasteiger partial charge in [-0.05, 0) is 13.8 Å². The molecule has 96 valence electrons. The van der Waals surface area contributed by atoms with Crippen LogP contribution in [0.15, 0.2) is 32.4 Å². The Kier molecular flexibility index (Phi) is 5.30. The fourth-order valence-corrected chi connectivity index (χ4v) is 3.37. The predicted molar refractivity (Wildman–Crippen MR) is 82.3 cm³/mol. The fraction of sp³-hybridized carbons (Fsp3) is 0.200. The number of carbonyl (C=O) groups excluding carboxylic acids is 2. The number of thioether (sulfide) groups is 2. The number of carbonyl (C=O) groups is 2. The van der Waals surface area contributed by atoms with Crippen LogP contribution in [-0.4, -0.2) is 17.3 Å². The first-order valence-corrected chi connectivity index (χ1v) is 7.15. The lowest BCUT2D eigenvalue weighted by molar-refractivity contribution is -0.132.